The number of para-hydroxylation sites is 1. The number of hydrogen-bond donors (Lipinski definition) is 2. The molecule has 2 aromatic rings. The van der Waals surface area contributed by atoms with Crippen LogP contribution in [0.5, 0.6) is 0 Å². The van der Waals surface area contributed by atoms with E-state index >= 15 is 0 Å². The Morgan fingerprint density at radius 3 is 2.90 bits per heavy atom. The molecule has 6 heteroatoms. The van der Waals surface area contributed by atoms with Gasteiger partial charge in [0.15, 0.2) is 11.4 Å². The molecule has 20 heavy (non-hydrogen) atoms. The first-order chi connectivity index (χ1) is 9.52. The molecule has 2 heterocycles. The predicted molar refractivity (Wildman–Crippen MR) is 77.2 cm³/mol. The average molecular weight is 308 g/mol. The number of hydrogen-bond acceptors (Lipinski definition) is 4. The molecule has 0 spiro atoms. The second kappa shape index (κ2) is 4.70. The number of carbonyl (C=O) groups excluding carboxylic acids is 2. The summed E-state index contributed by atoms with van der Waals surface area (Å²) in [5.41, 5.74) is -0.649. The molecule has 1 aliphatic rings. The van der Waals surface area contributed by atoms with Gasteiger partial charge in [0.1, 0.15) is 0 Å². The van der Waals surface area contributed by atoms with Crippen LogP contribution < -0.4 is 5.32 Å². The van der Waals surface area contributed by atoms with Gasteiger partial charge in [-0.05, 0) is 17.5 Å². The lowest BCUT2D eigenvalue weighted by Crippen LogP contribution is -2.36. The Hall–Kier alpha value is -1.69. The highest BCUT2D eigenvalue weighted by molar-refractivity contribution is 7.08. The van der Waals surface area contributed by atoms with Gasteiger partial charge in [-0.25, -0.2) is 0 Å². The van der Waals surface area contributed by atoms with E-state index < -0.39 is 11.5 Å². The third kappa shape index (κ3) is 1.95. The lowest BCUT2D eigenvalue weighted by atomic mass is 9.88. The van der Waals surface area contributed by atoms with E-state index in [1.54, 1.807) is 35.0 Å². The number of nitrogens with one attached hydrogen (secondary N) is 1. The van der Waals surface area contributed by atoms with Crippen molar-refractivity contribution in [1.82, 2.24) is 0 Å². The summed E-state index contributed by atoms with van der Waals surface area (Å²) in [7, 11) is 0. The van der Waals surface area contributed by atoms with Gasteiger partial charge in [-0.15, -0.1) is 0 Å². The number of ketones is 1. The number of anilines is 1. The smallest absolute Gasteiger partial charge is 0.261 e. The number of halogens is 1. The summed E-state index contributed by atoms with van der Waals surface area (Å²) in [6, 6.07) is 6.52. The second-order valence-corrected chi connectivity index (χ2v) is 5.78. The van der Waals surface area contributed by atoms with E-state index in [1.807, 2.05) is 0 Å². The summed E-state index contributed by atoms with van der Waals surface area (Å²) in [5.74, 6) is -0.902. The number of aliphatic hydroxyl groups is 1. The van der Waals surface area contributed by atoms with Crippen molar-refractivity contribution in [3.63, 3.8) is 0 Å². The molecule has 1 atom stereocenters. The summed E-state index contributed by atoms with van der Waals surface area (Å²) in [4.78, 5) is 24.2. The Morgan fingerprint density at radius 2 is 2.20 bits per heavy atom. The molecule has 0 radical (unpaired) electrons. The number of benzene rings is 1. The van der Waals surface area contributed by atoms with Crippen molar-refractivity contribution >= 4 is 40.3 Å². The van der Waals surface area contributed by atoms with Crippen molar-refractivity contribution in [1.29, 1.82) is 0 Å². The number of amides is 1. The van der Waals surface area contributed by atoms with Gasteiger partial charge in [-0.1, -0.05) is 23.7 Å². The zero-order chi connectivity index (χ0) is 14.3. The van der Waals surface area contributed by atoms with Crippen molar-refractivity contribution in [3.05, 3.63) is 51.2 Å². The Morgan fingerprint density at radius 1 is 1.40 bits per heavy atom. The quantitative estimate of drug-likeness (QED) is 0.857. The largest absolute Gasteiger partial charge is 0.375 e. The molecule has 0 saturated carbocycles. The zero-order valence-corrected chi connectivity index (χ0v) is 11.8. The normalized spacial score (nSPS) is 20.6. The van der Waals surface area contributed by atoms with Crippen molar-refractivity contribution in [2.75, 3.05) is 5.32 Å². The zero-order valence-electron chi connectivity index (χ0n) is 10.2. The molecule has 1 aromatic carbocycles. The molecule has 0 bridgehead atoms. The topological polar surface area (TPSA) is 66.4 Å². The third-order valence-electron chi connectivity index (χ3n) is 3.33. The van der Waals surface area contributed by atoms with E-state index in [0.717, 1.165) is 0 Å². The molecule has 0 saturated heterocycles. The predicted octanol–water partition coefficient (Wildman–Crippen LogP) is 2.81. The van der Waals surface area contributed by atoms with Crippen LogP contribution in [-0.2, 0) is 10.4 Å². The van der Waals surface area contributed by atoms with Crippen LogP contribution in [0.4, 0.5) is 5.69 Å². The molecule has 0 unspecified atom stereocenters. The standard InChI is InChI=1S/C14H10ClNO3S/c15-10-3-1-2-9-12(10)16-13(18)14(9,19)6-11(17)8-4-5-20-7-8/h1-5,7,19H,6H2,(H,16,18)/t14-/m1/s1. The summed E-state index contributed by atoms with van der Waals surface area (Å²) >= 11 is 7.38. The number of carbonyl (C=O) groups is 2. The monoisotopic (exact) mass is 307 g/mol. The van der Waals surface area contributed by atoms with Gasteiger partial charge < -0.3 is 10.4 Å². The molecule has 0 fully saturated rings. The molecule has 2 N–H and O–H groups in total. The Balaban J connectivity index is 1.99. The molecular weight excluding hydrogens is 298 g/mol. The number of Topliss-reactive ketones (excluding diaryl/α,β-unsaturated/α-hetero) is 1. The molecule has 1 aliphatic heterocycles. The molecule has 0 aliphatic carbocycles. The van der Waals surface area contributed by atoms with Gasteiger partial charge in [0.05, 0.1) is 17.1 Å². The highest BCUT2D eigenvalue weighted by atomic mass is 35.5. The van der Waals surface area contributed by atoms with Crippen LogP contribution in [0.2, 0.25) is 5.02 Å². The molecule has 102 valence electrons. The van der Waals surface area contributed by atoms with Crippen LogP contribution in [0.15, 0.2) is 35.0 Å². The maximum absolute atomic E-state index is 12.1. The number of thiophene rings is 1. The molecule has 4 nitrogen and oxygen atoms in total. The lowest BCUT2D eigenvalue weighted by molar-refractivity contribution is -0.133. The van der Waals surface area contributed by atoms with E-state index in [1.165, 1.54) is 11.3 Å². The Labute approximate surface area is 124 Å². The first-order valence-electron chi connectivity index (χ1n) is 5.90. The van der Waals surface area contributed by atoms with E-state index in [0.29, 0.717) is 21.8 Å². The van der Waals surface area contributed by atoms with Gasteiger partial charge in [0.25, 0.3) is 5.91 Å². The van der Waals surface area contributed by atoms with Crippen molar-refractivity contribution < 1.29 is 14.7 Å². The van der Waals surface area contributed by atoms with E-state index in [9.17, 15) is 14.7 Å². The van der Waals surface area contributed by atoms with Gasteiger partial charge in [-0.3, -0.25) is 9.59 Å². The van der Waals surface area contributed by atoms with Gasteiger partial charge in [0.2, 0.25) is 0 Å². The molecule has 1 aromatic heterocycles. The molecule has 1 amide bonds. The van der Waals surface area contributed by atoms with Crippen molar-refractivity contribution in [2.24, 2.45) is 0 Å². The Kier molecular flexibility index (Phi) is 3.12. The van der Waals surface area contributed by atoms with Gasteiger partial charge in [0, 0.05) is 16.5 Å². The summed E-state index contributed by atoms with van der Waals surface area (Å²) in [6.07, 6.45) is -0.303. The van der Waals surface area contributed by atoms with E-state index in [4.69, 9.17) is 11.6 Å². The SMILES string of the molecule is O=C(C[C@]1(O)C(=O)Nc2c(Cl)cccc21)c1ccsc1. The van der Waals surface area contributed by atoms with E-state index in [2.05, 4.69) is 5.32 Å². The minimum atomic E-state index is -1.86. The van der Waals surface area contributed by atoms with Crippen LogP contribution in [0.25, 0.3) is 0 Å². The van der Waals surface area contributed by atoms with Crippen LogP contribution in [0.3, 0.4) is 0 Å². The van der Waals surface area contributed by atoms with Crippen molar-refractivity contribution in [2.45, 2.75) is 12.0 Å². The molecule has 3 rings (SSSR count). The maximum atomic E-state index is 12.1. The molecular formula is C14H10ClNO3S. The highest BCUT2D eigenvalue weighted by Crippen LogP contribution is 2.42. The van der Waals surface area contributed by atoms with Crippen LogP contribution in [-0.4, -0.2) is 16.8 Å². The lowest BCUT2D eigenvalue weighted by Gasteiger charge is -2.19. The van der Waals surface area contributed by atoms with Gasteiger partial charge in [-0.2, -0.15) is 11.3 Å². The summed E-state index contributed by atoms with van der Waals surface area (Å²) in [5, 5.41) is 17.0. The first kappa shape index (κ1) is 13.3. The fourth-order valence-electron chi connectivity index (χ4n) is 2.27. The minimum absolute atomic E-state index is 0.281. The van der Waals surface area contributed by atoms with Gasteiger partial charge >= 0.3 is 0 Å². The van der Waals surface area contributed by atoms with E-state index in [-0.39, 0.29) is 12.2 Å². The fraction of sp³-hybridized carbons (Fsp3) is 0.143. The number of fused-ring (bicyclic) bond motifs is 1. The first-order valence-corrected chi connectivity index (χ1v) is 7.22. The highest BCUT2D eigenvalue weighted by Gasteiger charge is 2.47. The van der Waals surface area contributed by atoms with Crippen LogP contribution in [0.1, 0.15) is 22.3 Å². The maximum Gasteiger partial charge on any atom is 0.261 e. The number of rotatable bonds is 3. The van der Waals surface area contributed by atoms with Crippen molar-refractivity contribution in [3.8, 4) is 0 Å². The summed E-state index contributed by atoms with van der Waals surface area (Å²) < 4.78 is 0. The van der Waals surface area contributed by atoms with Crippen LogP contribution in [0, 0.1) is 0 Å². The average Bonchev–Trinajstić information content (AvgIpc) is 3.01. The van der Waals surface area contributed by atoms with Crippen LogP contribution >= 0.6 is 22.9 Å². The minimum Gasteiger partial charge on any atom is -0.375 e. The fourth-order valence-corrected chi connectivity index (χ4v) is 3.15. The second-order valence-electron chi connectivity index (χ2n) is 4.59. The third-order valence-corrected chi connectivity index (χ3v) is 4.33. The summed E-state index contributed by atoms with van der Waals surface area (Å²) in [6.45, 7) is 0. The Bertz CT molecular complexity index is 698.